The molecular weight excluding hydrogens is 481 g/mol. The van der Waals surface area contributed by atoms with Crippen molar-refractivity contribution in [3.8, 4) is 22.4 Å². The molecule has 0 aliphatic rings. The molecular formula is C24H17Cl2N3O3S. The van der Waals surface area contributed by atoms with Gasteiger partial charge in [-0.2, -0.15) is 0 Å². The first-order valence-corrected chi connectivity index (χ1v) is 11.4. The van der Waals surface area contributed by atoms with E-state index in [4.69, 9.17) is 33.7 Å². The third-order valence-corrected chi connectivity index (χ3v) is 5.98. The molecule has 0 aliphatic carbocycles. The molecule has 1 amide bonds. The lowest BCUT2D eigenvalue weighted by Gasteiger charge is -2.08. The van der Waals surface area contributed by atoms with E-state index in [1.807, 2.05) is 60.0 Å². The molecule has 4 aromatic rings. The largest absolute Gasteiger partial charge is 0.452 e. The first-order chi connectivity index (χ1) is 15.9. The van der Waals surface area contributed by atoms with Gasteiger partial charge >= 0.3 is 5.97 Å². The summed E-state index contributed by atoms with van der Waals surface area (Å²) in [7, 11) is 0. The van der Waals surface area contributed by atoms with Crippen LogP contribution < -0.4 is 11.1 Å². The van der Waals surface area contributed by atoms with Crippen LogP contribution in [-0.4, -0.2) is 23.5 Å². The zero-order valence-electron chi connectivity index (χ0n) is 17.0. The standard InChI is InChI=1S/C24H17Cl2N3O3S/c25-17-10-18(22(27)19(26)11-17)23(31)32-12-21(30)29-24-28-20(13-33-24)16-8-6-15(7-9-16)14-4-2-1-3-5-14/h1-11,13H,12,27H2,(H,28,29,30). The van der Waals surface area contributed by atoms with Gasteiger partial charge in [0, 0.05) is 16.0 Å². The van der Waals surface area contributed by atoms with Crippen molar-refractivity contribution in [2.45, 2.75) is 0 Å². The molecule has 0 fully saturated rings. The quantitative estimate of drug-likeness (QED) is 0.245. The van der Waals surface area contributed by atoms with Crippen molar-refractivity contribution in [3.05, 3.63) is 87.7 Å². The number of anilines is 2. The molecule has 3 aromatic carbocycles. The van der Waals surface area contributed by atoms with Gasteiger partial charge in [-0.15, -0.1) is 11.3 Å². The molecule has 0 bridgehead atoms. The fourth-order valence-corrected chi connectivity index (χ4v) is 4.27. The Morgan fingerprint density at radius 3 is 2.36 bits per heavy atom. The van der Waals surface area contributed by atoms with Gasteiger partial charge in [0.2, 0.25) is 0 Å². The maximum atomic E-state index is 12.2. The third-order valence-electron chi connectivity index (χ3n) is 4.69. The number of aromatic nitrogens is 1. The highest BCUT2D eigenvalue weighted by Gasteiger charge is 2.17. The lowest BCUT2D eigenvalue weighted by atomic mass is 10.0. The van der Waals surface area contributed by atoms with Crippen molar-refractivity contribution in [3.63, 3.8) is 0 Å². The number of nitrogens with two attached hydrogens (primary N) is 1. The second-order valence-corrected chi connectivity index (χ2v) is 8.66. The van der Waals surface area contributed by atoms with Crippen molar-refractivity contribution in [1.82, 2.24) is 4.98 Å². The molecule has 0 saturated heterocycles. The Morgan fingerprint density at radius 2 is 1.64 bits per heavy atom. The molecule has 0 aliphatic heterocycles. The highest BCUT2D eigenvalue weighted by Crippen LogP contribution is 2.29. The number of hydrogen-bond donors (Lipinski definition) is 2. The minimum atomic E-state index is -0.801. The summed E-state index contributed by atoms with van der Waals surface area (Å²) in [5, 5.41) is 5.22. The first kappa shape index (κ1) is 22.8. The van der Waals surface area contributed by atoms with Crippen LogP contribution in [0.4, 0.5) is 10.8 Å². The number of nitrogen functional groups attached to an aromatic ring is 1. The second-order valence-electron chi connectivity index (χ2n) is 6.95. The van der Waals surface area contributed by atoms with Crippen LogP contribution in [0, 0.1) is 0 Å². The van der Waals surface area contributed by atoms with Crippen LogP contribution in [0.2, 0.25) is 10.0 Å². The summed E-state index contributed by atoms with van der Waals surface area (Å²) in [6.07, 6.45) is 0. The fraction of sp³-hybridized carbons (Fsp3) is 0.0417. The molecule has 9 heteroatoms. The SMILES string of the molecule is Nc1c(Cl)cc(Cl)cc1C(=O)OCC(=O)Nc1nc(-c2ccc(-c3ccccc3)cc2)cs1. The predicted molar refractivity (Wildman–Crippen MR) is 133 cm³/mol. The van der Waals surface area contributed by atoms with E-state index in [9.17, 15) is 9.59 Å². The number of esters is 1. The van der Waals surface area contributed by atoms with Crippen LogP contribution in [0.5, 0.6) is 0 Å². The Morgan fingerprint density at radius 1 is 0.970 bits per heavy atom. The molecule has 6 nitrogen and oxygen atoms in total. The third kappa shape index (κ3) is 5.51. The first-order valence-electron chi connectivity index (χ1n) is 9.73. The van der Waals surface area contributed by atoms with Gasteiger partial charge in [-0.3, -0.25) is 10.1 Å². The molecule has 4 rings (SSSR count). The van der Waals surface area contributed by atoms with Crippen LogP contribution in [-0.2, 0) is 9.53 Å². The van der Waals surface area contributed by atoms with Crippen molar-refractivity contribution in [2.75, 3.05) is 17.7 Å². The molecule has 0 saturated carbocycles. The number of nitrogens with zero attached hydrogens (tertiary/aromatic N) is 1. The van der Waals surface area contributed by atoms with E-state index in [0.717, 1.165) is 22.4 Å². The number of carbonyl (C=O) groups is 2. The second kappa shape index (κ2) is 10.0. The maximum Gasteiger partial charge on any atom is 0.340 e. The number of nitrogens with one attached hydrogen (secondary N) is 1. The number of hydrogen-bond acceptors (Lipinski definition) is 6. The number of carbonyl (C=O) groups excluding carboxylic acids is 2. The summed E-state index contributed by atoms with van der Waals surface area (Å²) < 4.78 is 5.03. The molecule has 3 N–H and O–H groups in total. The Labute approximate surface area is 203 Å². The van der Waals surface area contributed by atoms with E-state index >= 15 is 0 Å². The van der Waals surface area contributed by atoms with Gasteiger partial charge in [-0.25, -0.2) is 9.78 Å². The molecule has 0 spiro atoms. The number of ether oxygens (including phenoxy) is 1. The van der Waals surface area contributed by atoms with Crippen LogP contribution in [0.15, 0.2) is 72.1 Å². The van der Waals surface area contributed by atoms with E-state index in [1.165, 1.54) is 23.5 Å². The van der Waals surface area contributed by atoms with Crippen LogP contribution in [0.3, 0.4) is 0 Å². The summed E-state index contributed by atoms with van der Waals surface area (Å²) in [5.74, 6) is -1.33. The van der Waals surface area contributed by atoms with Gasteiger partial charge in [0.05, 0.1) is 22.0 Å². The highest BCUT2D eigenvalue weighted by molar-refractivity contribution is 7.14. The Bertz CT molecular complexity index is 1310. The molecule has 33 heavy (non-hydrogen) atoms. The molecule has 0 radical (unpaired) electrons. The fourth-order valence-electron chi connectivity index (χ4n) is 3.05. The molecule has 166 valence electrons. The van der Waals surface area contributed by atoms with Gasteiger partial charge in [0.1, 0.15) is 0 Å². The predicted octanol–water partition coefficient (Wildman–Crippen LogP) is 6.16. The van der Waals surface area contributed by atoms with E-state index in [1.54, 1.807) is 0 Å². The monoisotopic (exact) mass is 497 g/mol. The number of halogens is 2. The summed E-state index contributed by atoms with van der Waals surface area (Å²) in [6, 6.07) is 20.8. The van der Waals surface area contributed by atoms with Gasteiger partial charge in [-0.1, -0.05) is 77.8 Å². The van der Waals surface area contributed by atoms with Crippen LogP contribution >= 0.6 is 34.5 Å². The zero-order chi connectivity index (χ0) is 23.4. The summed E-state index contributed by atoms with van der Waals surface area (Å²) in [4.78, 5) is 28.9. The number of amides is 1. The lowest BCUT2D eigenvalue weighted by Crippen LogP contribution is -2.21. The smallest absolute Gasteiger partial charge is 0.340 e. The average molecular weight is 498 g/mol. The number of rotatable bonds is 6. The number of benzene rings is 3. The van der Waals surface area contributed by atoms with Gasteiger partial charge in [-0.05, 0) is 23.3 Å². The van der Waals surface area contributed by atoms with E-state index in [0.29, 0.717) is 5.13 Å². The summed E-state index contributed by atoms with van der Waals surface area (Å²) >= 11 is 13.1. The van der Waals surface area contributed by atoms with Crippen molar-refractivity contribution >= 4 is 57.2 Å². The molecule has 1 aromatic heterocycles. The summed E-state index contributed by atoms with van der Waals surface area (Å²) in [5.41, 5.74) is 9.70. The minimum Gasteiger partial charge on any atom is -0.452 e. The molecule has 0 atom stereocenters. The van der Waals surface area contributed by atoms with Crippen molar-refractivity contribution in [2.24, 2.45) is 0 Å². The Balaban J connectivity index is 1.36. The van der Waals surface area contributed by atoms with Gasteiger partial charge < -0.3 is 10.5 Å². The van der Waals surface area contributed by atoms with Crippen molar-refractivity contribution < 1.29 is 14.3 Å². The zero-order valence-corrected chi connectivity index (χ0v) is 19.4. The van der Waals surface area contributed by atoms with Crippen molar-refractivity contribution in [1.29, 1.82) is 0 Å². The van der Waals surface area contributed by atoms with Gasteiger partial charge in [0.15, 0.2) is 11.7 Å². The van der Waals surface area contributed by atoms with Gasteiger partial charge in [0.25, 0.3) is 5.91 Å². The minimum absolute atomic E-state index is 0.00390. The van der Waals surface area contributed by atoms with E-state index in [2.05, 4.69) is 10.3 Å². The Hall–Kier alpha value is -3.39. The molecule has 1 heterocycles. The van der Waals surface area contributed by atoms with Crippen LogP contribution in [0.1, 0.15) is 10.4 Å². The maximum absolute atomic E-state index is 12.2. The topological polar surface area (TPSA) is 94.3 Å². The highest BCUT2D eigenvalue weighted by atomic mass is 35.5. The normalized spacial score (nSPS) is 10.6. The van der Waals surface area contributed by atoms with E-state index in [-0.39, 0.29) is 21.3 Å². The number of thiazole rings is 1. The van der Waals surface area contributed by atoms with E-state index < -0.39 is 18.5 Å². The molecule has 0 unspecified atom stereocenters. The van der Waals surface area contributed by atoms with Crippen LogP contribution in [0.25, 0.3) is 22.4 Å². The summed E-state index contributed by atoms with van der Waals surface area (Å²) in [6.45, 7) is -0.511. The lowest BCUT2D eigenvalue weighted by molar-refractivity contribution is -0.119. The Kier molecular flexibility index (Phi) is 6.93. The average Bonchev–Trinajstić information content (AvgIpc) is 3.29.